The number of rotatable bonds is 5. The van der Waals surface area contributed by atoms with Crippen LogP contribution in [0.15, 0.2) is 18.2 Å². The van der Waals surface area contributed by atoms with Gasteiger partial charge in [0.1, 0.15) is 0 Å². The van der Waals surface area contributed by atoms with Crippen molar-refractivity contribution >= 4 is 11.9 Å². The molecule has 0 aliphatic heterocycles. The van der Waals surface area contributed by atoms with E-state index >= 15 is 0 Å². The molecule has 0 unspecified atom stereocenters. The van der Waals surface area contributed by atoms with Crippen molar-refractivity contribution in [3.63, 3.8) is 0 Å². The van der Waals surface area contributed by atoms with Gasteiger partial charge in [-0.2, -0.15) is 0 Å². The van der Waals surface area contributed by atoms with E-state index in [-0.39, 0.29) is 18.3 Å². The van der Waals surface area contributed by atoms with Crippen molar-refractivity contribution in [3.8, 4) is 0 Å². The summed E-state index contributed by atoms with van der Waals surface area (Å²) in [4.78, 5) is 23.0. The molecule has 0 atom stereocenters. The van der Waals surface area contributed by atoms with Gasteiger partial charge >= 0.3 is 5.97 Å². The molecule has 1 N–H and O–H groups in total. The van der Waals surface area contributed by atoms with Crippen molar-refractivity contribution in [2.45, 2.75) is 27.2 Å². The summed E-state index contributed by atoms with van der Waals surface area (Å²) in [5.74, 6) is -0.449. The van der Waals surface area contributed by atoms with Crippen LogP contribution >= 0.6 is 0 Å². The van der Waals surface area contributed by atoms with Crippen LogP contribution in [-0.2, 0) is 9.53 Å². The van der Waals surface area contributed by atoms with Crippen molar-refractivity contribution in [1.29, 1.82) is 0 Å². The quantitative estimate of drug-likeness (QED) is 0.812. The highest BCUT2D eigenvalue weighted by Crippen LogP contribution is 2.10. The average molecular weight is 249 g/mol. The molecule has 4 nitrogen and oxygen atoms in total. The van der Waals surface area contributed by atoms with E-state index in [1.165, 1.54) is 0 Å². The molecule has 0 radical (unpaired) electrons. The molecule has 0 saturated carbocycles. The largest absolute Gasteiger partial charge is 0.466 e. The first-order valence-electron chi connectivity index (χ1n) is 6.05. The number of hydrogen-bond acceptors (Lipinski definition) is 3. The Hall–Kier alpha value is -1.84. The Kier molecular flexibility index (Phi) is 5.36. The summed E-state index contributed by atoms with van der Waals surface area (Å²) in [6, 6.07) is 5.65. The van der Waals surface area contributed by atoms with Gasteiger partial charge in [0.25, 0.3) is 5.91 Å². The molecule has 18 heavy (non-hydrogen) atoms. The highest BCUT2D eigenvalue weighted by molar-refractivity contribution is 5.95. The van der Waals surface area contributed by atoms with Crippen LogP contribution in [0.4, 0.5) is 0 Å². The van der Waals surface area contributed by atoms with Gasteiger partial charge in [-0.3, -0.25) is 9.59 Å². The molecule has 1 rings (SSSR count). The van der Waals surface area contributed by atoms with Gasteiger partial charge in [-0.25, -0.2) is 0 Å². The Morgan fingerprint density at radius 1 is 1.28 bits per heavy atom. The summed E-state index contributed by atoms with van der Waals surface area (Å²) in [7, 11) is 0. The van der Waals surface area contributed by atoms with Gasteiger partial charge in [0.2, 0.25) is 0 Å². The maximum atomic E-state index is 11.9. The Balaban J connectivity index is 2.48. The molecule has 1 amide bonds. The van der Waals surface area contributed by atoms with E-state index in [0.717, 1.165) is 11.1 Å². The van der Waals surface area contributed by atoms with Crippen LogP contribution in [0.5, 0.6) is 0 Å². The van der Waals surface area contributed by atoms with E-state index in [1.54, 1.807) is 13.0 Å². The minimum absolute atomic E-state index is 0.156. The molecular weight excluding hydrogens is 230 g/mol. The number of esters is 1. The number of hydrogen-bond donors (Lipinski definition) is 1. The zero-order valence-corrected chi connectivity index (χ0v) is 11.1. The lowest BCUT2D eigenvalue weighted by Gasteiger charge is -2.08. The Morgan fingerprint density at radius 3 is 2.61 bits per heavy atom. The molecule has 0 heterocycles. The van der Waals surface area contributed by atoms with Gasteiger partial charge in [-0.15, -0.1) is 0 Å². The third-order valence-electron chi connectivity index (χ3n) is 2.55. The zero-order valence-electron chi connectivity index (χ0n) is 11.1. The molecule has 0 bridgehead atoms. The molecule has 1 aromatic rings. The van der Waals surface area contributed by atoms with Crippen LogP contribution in [0.2, 0.25) is 0 Å². The number of nitrogens with one attached hydrogen (secondary N) is 1. The number of benzene rings is 1. The number of ether oxygens (including phenoxy) is 1. The lowest BCUT2D eigenvalue weighted by Crippen LogP contribution is -2.27. The predicted molar refractivity (Wildman–Crippen MR) is 69.5 cm³/mol. The van der Waals surface area contributed by atoms with Crippen LogP contribution in [0.25, 0.3) is 0 Å². The maximum absolute atomic E-state index is 11.9. The van der Waals surface area contributed by atoms with Gasteiger partial charge < -0.3 is 10.1 Å². The lowest BCUT2D eigenvalue weighted by molar-refractivity contribution is -0.142. The molecule has 4 heteroatoms. The Morgan fingerprint density at radius 2 is 2.00 bits per heavy atom. The van der Waals surface area contributed by atoms with Crippen LogP contribution in [0, 0.1) is 13.8 Å². The molecule has 0 aliphatic carbocycles. The lowest BCUT2D eigenvalue weighted by atomic mass is 10.1. The third kappa shape index (κ3) is 4.20. The number of amides is 1. The second-order valence-corrected chi connectivity index (χ2v) is 4.13. The second kappa shape index (κ2) is 6.79. The summed E-state index contributed by atoms with van der Waals surface area (Å²) in [5, 5.41) is 2.71. The predicted octanol–water partition coefficient (Wildman–Crippen LogP) is 1.99. The smallest absolute Gasteiger partial charge is 0.307 e. The standard InChI is InChI=1S/C14H19NO3/c1-4-18-13(16)7-8-15-14(17)12-6-5-10(2)9-11(12)3/h5-6,9H,4,7-8H2,1-3H3,(H,15,17). The van der Waals surface area contributed by atoms with Crippen LogP contribution in [0.1, 0.15) is 34.8 Å². The molecular formula is C14H19NO3. The van der Waals surface area contributed by atoms with E-state index in [1.807, 2.05) is 26.0 Å². The van der Waals surface area contributed by atoms with Gasteiger partial charge in [-0.1, -0.05) is 17.7 Å². The molecule has 0 fully saturated rings. The third-order valence-corrected chi connectivity index (χ3v) is 2.55. The van der Waals surface area contributed by atoms with Crippen molar-refractivity contribution in [1.82, 2.24) is 5.32 Å². The molecule has 0 aromatic heterocycles. The fourth-order valence-electron chi connectivity index (χ4n) is 1.67. The fraction of sp³-hybridized carbons (Fsp3) is 0.429. The summed E-state index contributed by atoms with van der Waals surface area (Å²) in [6.07, 6.45) is 0.199. The normalized spacial score (nSPS) is 9.94. The molecule has 98 valence electrons. The maximum Gasteiger partial charge on any atom is 0.307 e. The zero-order chi connectivity index (χ0) is 13.5. The van der Waals surface area contributed by atoms with Gasteiger partial charge in [0.15, 0.2) is 0 Å². The van der Waals surface area contributed by atoms with Gasteiger partial charge in [0, 0.05) is 12.1 Å². The van der Waals surface area contributed by atoms with Crippen molar-refractivity contribution in [2.75, 3.05) is 13.2 Å². The second-order valence-electron chi connectivity index (χ2n) is 4.13. The minimum Gasteiger partial charge on any atom is -0.466 e. The van der Waals surface area contributed by atoms with Crippen LogP contribution in [-0.4, -0.2) is 25.0 Å². The molecule has 0 saturated heterocycles. The number of carbonyl (C=O) groups excluding carboxylic acids is 2. The number of aryl methyl sites for hydroxylation is 2. The monoisotopic (exact) mass is 249 g/mol. The summed E-state index contributed by atoms with van der Waals surface area (Å²) in [6.45, 7) is 6.30. The molecule has 1 aromatic carbocycles. The van der Waals surface area contributed by atoms with E-state index in [9.17, 15) is 9.59 Å². The van der Waals surface area contributed by atoms with Gasteiger partial charge in [0.05, 0.1) is 13.0 Å². The van der Waals surface area contributed by atoms with E-state index in [4.69, 9.17) is 4.74 Å². The highest BCUT2D eigenvalue weighted by atomic mass is 16.5. The molecule has 0 spiro atoms. The fourth-order valence-corrected chi connectivity index (χ4v) is 1.67. The van der Waals surface area contributed by atoms with Crippen molar-refractivity contribution in [3.05, 3.63) is 34.9 Å². The minimum atomic E-state index is -0.293. The summed E-state index contributed by atoms with van der Waals surface area (Å²) in [5.41, 5.74) is 2.70. The first kappa shape index (κ1) is 14.2. The Labute approximate surface area is 107 Å². The summed E-state index contributed by atoms with van der Waals surface area (Å²) < 4.78 is 4.78. The number of carbonyl (C=O) groups is 2. The van der Waals surface area contributed by atoms with Crippen molar-refractivity contribution < 1.29 is 14.3 Å². The van der Waals surface area contributed by atoms with Crippen LogP contribution in [0.3, 0.4) is 0 Å². The first-order valence-corrected chi connectivity index (χ1v) is 6.05. The van der Waals surface area contributed by atoms with Gasteiger partial charge in [-0.05, 0) is 32.4 Å². The summed E-state index contributed by atoms with van der Waals surface area (Å²) >= 11 is 0. The van der Waals surface area contributed by atoms with E-state index in [2.05, 4.69) is 5.32 Å². The highest BCUT2D eigenvalue weighted by Gasteiger charge is 2.09. The molecule has 0 aliphatic rings. The van der Waals surface area contributed by atoms with Crippen LogP contribution < -0.4 is 5.32 Å². The van der Waals surface area contributed by atoms with Crippen molar-refractivity contribution in [2.24, 2.45) is 0 Å². The Bertz CT molecular complexity index is 441. The first-order chi connectivity index (χ1) is 8.54. The SMILES string of the molecule is CCOC(=O)CCNC(=O)c1ccc(C)cc1C. The average Bonchev–Trinajstić information content (AvgIpc) is 2.29. The van der Waals surface area contributed by atoms with E-state index in [0.29, 0.717) is 18.7 Å². The topological polar surface area (TPSA) is 55.4 Å². The van der Waals surface area contributed by atoms with E-state index < -0.39 is 0 Å².